The van der Waals surface area contributed by atoms with Crippen LogP contribution in [-0.4, -0.2) is 89.7 Å². The Hall–Kier alpha value is -4.19. The smallest absolute Gasteiger partial charge is 0.312 e. The van der Waals surface area contributed by atoms with E-state index in [1.54, 1.807) is 0 Å². The number of hydrogen-bond acceptors (Lipinski definition) is 8. The SMILES string of the molecule is C=C(CNC(=C)C1CCCN1C(=O)C(CCCNC(N)=O)NC(=C)C(NC(=C)CCC(C)(C)OCC(C)(C)N1C(=C)C(C(C)C)CC1=O)C(C)C)NCC(=C)C(C)C. The van der Waals surface area contributed by atoms with Gasteiger partial charge in [-0.2, -0.15) is 0 Å². The van der Waals surface area contributed by atoms with Crippen molar-refractivity contribution in [2.45, 2.75) is 143 Å². The van der Waals surface area contributed by atoms with Crippen molar-refractivity contribution in [3.8, 4) is 0 Å². The van der Waals surface area contributed by atoms with Crippen LogP contribution in [0.3, 0.4) is 0 Å². The van der Waals surface area contributed by atoms with E-state index in [9.17, 15) is 14.4 Å². The molecule has 12 heteroatoms. The van der Waals surface area contributed by atoms with Gasteiger partial charge in [0, 0.05) is 60.5 Å². The molecule has 0 spiro atoms. The van der Waals surface area contributed by atoms with Crippen LogP contribution in [0.25, 0.3) is 0 Å². The number of hydrogen-bond donors (Lipinski definition) is 6. The lowest BCUT2D eigenvalue weighted by molar-refractivity contribution is -0.136. The molecule has 58 heavy (non-hydrogen) atoms. The molecule has 0 aromatic heterocycles. The van der Waals surface area contributed by atoms with Crippen molar-refractivity contribution >= 4 is 17.8 Å². The van der Waals surface area contributed by atoms with E-state index in [4.69, 9.17) is 10.5 Å². The average Bonchev–Trinajstić information content (AvgIpc) is 3.75. The summed E-state index contributed by atoms with van der Waals surface area (Å²) in [6, 6.07) is -1.57. The predicted molar refractivity (Wildman–Crippen MR) is 239 cm³/mol. The second-order valence-electron chi connectivity index (χ2n) is 18.6. The van der Waals surface area contributed by atoms with Crippen LogP contribution in [-0.2, 0) is 14.3 Å². The van der Waals surface area contributed by atoms with Crippen molar-refractivity contribution in [2.75, 3.05) is 32.8 Å². The molecule has 0 aromatic carbocycles. The Kier molecular flexibility index (Phi) is 19.2. The number of carbonyl (C=O) groups excluding carboxylic acids is 3. The van der Waals surface area contributed by atoms with Gasteiger partial charge in [-0.15, -0.1) is 0 Å². The highest BCUT2D eigenvalue weighted by Crippen LogP contribution is 2.39. The molecule has 0 bridgehead atoms. The largest absolute Gasteiger partial charge is 0.384 e. The van der Waals surface area contributed by atoms with Gasteiger partial charge in [0.05, 0.1) is 36.4 Å². The zero-order chi connectivity index (χ0) is 44.1. The van der Waals surface area contributed by atoms with Gasteiger partial charge in [0.1, 0.15) is 6.04 Å². The van der Waals surface area contributed by atoms with E-state index < -0.39 is 23.2 Å². The van der Waals surface area contributed by atoms with Crippen LogP contribution in [0.4, 0.5) is 4.79 Å². The lowest BCUT2D eigenvalue weighted by atomic mass is 9.92. The van der Waals surface area contributed by atoms with Crippen molar-refractivity contribution < 1.29 is 19.1 Å². The van der Waals surface area contributed by atoms with E-state index in [0.29, 0.717) is 82.4 Å². The van der Waals surface area contributed by atoms with Gasteiger partial charge >= 0.3 is 6.03 Å². The Labute approximate surface area is 351 Å². The Morgan fingerprint density at radius 1 is 0.931 bits per heavy atom. The summed E-state index contributed by atoms with van der Waals surface area (Å²) in [4.78, 5) is 42.5. The maximum absolute atomic E-state index is 14.4. The number of nitrogens with zero attached hydrogens (tertiary/aromatic N) is 2. The van der Waals surface area contributed by atoms with Crippen LogP contribution in [0.15, 0.2) is 73.5 Å². The first-order chi connectivity index (χ1) is 26.9. The molecule has 0 aromatic rings. The second kappa shape index (κ2) is 22.3. The number of nitrogens with two attached hydrogens (primary N) is 1. The third kappa shape index (κ3) is 15.2. The minimum Gasteiger partial charge on any atom is -0.384 e. The maximum Gasteiger partial charge on any atom is 0.312 e. The highest BCUT2D eigenvalue weighted by atomic mass is 16.5. The number of amides is 4. The third-order valence-electron chi connectivity index (χ3n) is 11.5. The van der Waals surface area contributed by atoms with E-state index in [1.807, 2.05) is 23.6 Å². The summed E-state index contributed by atoms with van der Waals surface area (Å²) in [5, 5.41) is 16.4. The van der Waals surface area contributed by atoms with Gasteiger partial charge < -0.3 is 46.9 Å². The van der Waals surface area contributed by atoms with Crippen LogP contribution in [0.5, 0.6) is 0 Å². The average molecular weight is 809 g/mol. The number of allylic oxidation sites excluding steroid dienone is 2. The zero-order valence-electron chi connectivity index (χ0n) is 37.9. The van der Waals surface area contributed by atoms with Crippen LogP contribution >= 0.6 is 0 Å². The summed E-state index contributed by atoms with van der Waals surface area (Å²) in [6.07, 6.45) is 4.50. The number of nitrogens with one attached hydrogen (secondary N) is 5. The van der Waals surface area contributed by atoms with Gasteiger partial charge in [-0.05, 0) is 84.0 Å². The standard InChI is InChI=1S/C46H80N8O4/c1-29(2)32(7)26-49-34(9)27-50-35(10)40-20-18-24-53(40)43(56)39(19-17-23-48-44(47)57)52-36(11)42(31(5)6)51-33(8)21-22-46(15,16)58-28-45(13,14)54-37(12)38(30(3)4)25-41(54)55/h29-31,38-40,42,49-52H,7-12,17-28H2,1-6,13-16H3,(H3,47,48,57). The molecule has 0 aliphatic carbocycles. The number of ether oxygens (including phenoxy) is 1. The summed E-state index contributed by atoms with van der Waals surface area (Å²) >= 11 is 0. The Bertz CT molecular complexity index is 1510. The molecular formula is C46H80N8O4. The van der Waals surface area contributed by atoms with Crippen molar-refractivity contribution in [2.24, 2.45) is 29.4 Å². The van der Waals surface area contributed by atoms with Gasteiger partial charge in [-0.3, -0.25) is 9.59 Å². The summed E-state index contributed by atoms with van der Waals surface area (Å²) in [5.41, 5.74) is 9.40. The van der Waals surface area contributed by atoms with Crippen molar-refractivity contribution in [3.05, 3.63) is 73.5 Å². The van der Waals surface area contributed by atoms with Gasteiger partial charge in [-0.1, -0.05) is 86.6 Å². The minimum absolute atomic E-state index is 0.0436. The summed E-state index contributed by atoms with van der Waals surface area (Å²) in [7, 11) is 0. The first kappa shape index (κ1) is 50.0. The molecule has 4 atom stereocenters. The topological polar surface area (TPSA) is 153 Å². The molecule has 7 N–H and O–H groups in total. The van der Waals surface area contributed by atoms with Crippen LogP contribution in [0.2, 0.25) is 0 Å². The first-order valence-corrected chi connectivity index (χ1v) is 21.3. The van der Waals surface area contributed by atoms with Gasteiger partial charge in [0.2, 0.25) is 11.8 Å². The van der Waals surface area contributed by atoms with Crippen molar-refractivity contribution in [1.82, 2.24) is 36.4 Å². The molecule has 4 amide bonds. The molecule has 2 fully saturated rings. The zero-order valence-corrected chi connectivity index (χ0v) is 37.9. The molecule has 0 radical (unpaired) electrons. The first-order valence-electron chi connectivity index (χ1n) is 21.3. The molecule has 328 valence electrons. The fourth-order valence-corrected chi connectivity index (χ4v) is 7.50. The minimum atomic E-state index is -0.598. The van der Waals surface area contributed by atoms with Crippen LogP contribution < -0.4 is 32.3 Å². The van der Waals surface area contributed by atoms with E-state index in [2.05, 4.69) is 121 Å². The summed E-state index contributed by atoms with van der Waals surface area (Å²) < 4.78 is 6.49. The molecule has 4 unspecified atom stereocenters. The third-order valence-corrected chi connectivity index (χ3v) is 11.5. The molecule has 2 rings (SSSR count). The highest BCUT2D eigenvalue weighted by Gasteiger charge is 2.44. The Morgan fingerprint density at radius 3 is 2.16 bits per heavy atom. The maximum atomic E-state index is 14.4. The van der Waals surface area contributed by atoms with E-state index >= 15 is 0 Å². The quantitative estimate of drug-likeness (QED) is 0.0391. The van der Waals surface area contributed by atoms with E-state index in [1.165, 1.54) is 0 Å². The van der Waals surface area contributed by atoms with Gasteiger partial charge in [0.15, 0.2) is 0 Å². The number of urea groups is 1. The van der Waals surface area contributed by atoms with Crippen LogP contribution in [0.1, 0.15) is 114 Å². The lowest BCUT2D eigenvalue weighted by Crippen LogP contribution is -2.52. The van der Waals surface area contributed by atoms with Crippen molar-refractivity contribution in [1.29, 1.82) is 0 Å². The Morgan fingerprint density at radius 2 is 1.59 bits per heavy atom. The van der Waals surface area contributed by atoms with Crippen molar-refractivity contribution in [3.63, 3.8) is 0 Å². The van der Waals surface area contributed by atoms with E-state index in [-0.39, 0.29) is 35.7 Å². The molecule has 2 aliphatic heterocycles. The summed E-state index contributed by atoms with van der Waals surface area (Å²) in [5.74, 6) is 1.06. The van der Waals surface area contributed by atoms with Gasteiger partial charge in [0.25, 0.3) is 0 Å². The van der Waals surface area contributed by atoms with Gasteiger partial charge in [-0.25, -0.2) is 4.79 Å². The molecule has 2 saturated heterocycles. The highest BCUT2D eigenvalue weighted by molar-refractivity contribution is 5.83. The Balaban J connectivity index is 2.07. The van der Waals surface area contributed by atoms with Crippen LogP contribution in [0, 0.1) is 23.7 Å². The fourth-order valence-electron chi connectivity index (χ4n) is 7.50. The molecule has 2 aliphatic rings. The number of rotatable bonds is 27. The lowest BCUT2D eigenvalue weighted by Gasteiger charge is -2.39. The number of carbonyl (C=O) groups is 3. The molecule has 12 nitrogen and oxygen atoms in total. The predicted octanol–water partition coefficient (Wildman–Crippen LogP) is 6.82. The monoisotopic (exact) mass is 809 g/mol. The molecule has 2 heterocycles. The molecular weight excluding hydrogens is 729 g/mol. The fraction of sp³-hybridized carbons (Fsp3) is 0.674. The van der Waals surface area contributed by atoms with E-state index in [0.717, 1.165) is 41.2 Å². The normalized spacial score (nSPS) is 18.4. The molecule has 0 saturated carbocycles. The second-order valence-corrected chi connectivity index (χ2v) is 18.6. The number of likely N-dealkylation sites (tertiary alicyclic amines) is 2. The summed E-state index contributed by atoms with van der Waals surface area (Å²) in [6.45, 7) is 49.0. The number of primary amides is 1.